The van der Waals surface area contributed by atoms with Crippen LogP contribution in [0, 0.1) is 0 Å². The second-order valence-corrected chi connectivity index (χ2v) is 3.79. The SMILES string of the molecule is CC(CCl)c1cccc(Cl)c1Cl. The van der Waals surface area contributed by atoms with Gasteiger partial charge in [-0.3, -0.25) is 0 Å². The molecule has 1 aromatic carbocycles. The summed E-state index contributed by atoms with van der Waals surface area (Å²) in [5.74, 6) is 0.804. The van der Waals surface area contributed by atoms with Crippen molar-refractivity contribution in [2.45, 2.75) is 12.8 Å². The molecule has 0 aliphatic rings. The van der Waals surface area contributed by atoms with Crippen molar-refractivity contribution in [3.8, 4) is 0 Å². The molecule has 0 bridgehead atoms. The highest BCUT2D eigenvalue weighted by molar-refractivity contribution is 6.42. The standard InChI is InChI=1S/C9H9Cl3/c1-6(5-10)7-3-2-4-8(11)9(7)12/h2-4,6H,5H2,1H3. The molecule has 3 heteroatoms. The summed E-state index contributed by atoms with van der Waals surface area (Å²) in [7, 11) is 0. The quantitative estimate of drug-likeness (QED) is 0.655. The molecular weight excluding hydrogens is 214 g/mol. The first kappa shape index (κ1) is 10.2. The molecule has 0 aliphatic heterocycles. The number of rotatable bonds is 2. The van der Waals surface area contributed by atoms with E-state index in [2.05, 4.69) is 0 Å². The lowest BCUT2D eigenvalue weighted by molar-refractivity contribution is 0.876. The molecule has 0 N–H and O–H groups in total. The number of hydrogen-bond donors (Lipinski definition) is 0. The van der Waals surface area contributed by atoms with Crippen molar-refractivity contribution < 1.29 is 0 Å². The van der Waals surface area contributed by atoms with Crippen LogP contribution in [0.1, 0.15) is 18.4 Å². The summed E-state index contributed by atoms with van der Waals surface area (Å²) in [6.07, 6.45) is 0. The zero-order chi connectivity index (χ0) is 9.14. The fourth-order valence-corrected chi connectivity index (χ4v) is 1.64. The third kappa shape index (κ3) is 2.07. The minimum Gasteiger partial charge on any atom is -0.126 e. The van der Waals surface area contributed by atoms with Gasteiger partial charge in [-0.15, -0.1) is 11.6 Å². The molecule has 0 heterocycles. The molecule has 0 saturated carbocycles. The van der Waals surface area contributed by atoms with E-state index in [0.717, 1.165) is 5.56 Å². The van der Waals surface area contributed by atoms with Gasteiger partial charge in [-0.1, -0.05) is 42.3 Å². The minimum absolute atomic E-state index is 0.248. The maximum Gasteiger partial charge on any atom is 0.0627 e. The van der Waals surface area contributed by atoms with E-state index >= 15 is 0 Å². The summed E-state index contributed by atoms with van der Waals surface area (Å²) in [4.78, 5) is 0. The molecule has 1 aromatic rings. The van der Waals surface area contributed by atoms with Gasteiger partial charge in [0.2, 0.25) is 0 Å². The summed E-state index contributed by atoms with van der Waals surface area (Å²) in [6, 6.07) is 5.60. The summed E-state index contributed by atoms with van der Waals surface area (Å²) >= 11 is 17.5. The van der Waals surface area contributed by atoms with E-state index in [-0.39, 0.29) is 5.92 Å². The molecule has 0 saturated heterocycles. The molecule has 0 spiro atoms. The molecule has 1 unspecified atom stereocenters. The Kier molecular flexibility index (Phi) is 3.70. The Hall–Kier alpha value is 0.0900. The van der Waals surface area contributed by atoms with Gasteiger partial charge in [0.15, 0.2) is 0 Å². The van der Waals surface area contributed by atoms with E-state index in [1.165, 1.54) is 0 Å². The lowest BCUT2D eigenvalue weighted by atomic mass is 10.0. The van der Waals surface area contributed by atoms with Crippen LogP contribution in [0.2, 0.25) is 10.0 Å². The molecule has 1 atom stereocenters. The predicted molar refractivity (Wildman–Crippen MR) is 55.6 cm³/mol. The fourth-order valence-electron chi connectivity index (χ4n) is 0.984. The van der Waals surface area contributed by atoms with E-state index < -0.39 is 0 Å². The minimum atomic E-state index is 0.248. The largest absolute Gasteiger partial charge is 0.126 e. The van der Waals surface area contributed by atoms with Gasteiger partial charge in [0, 0.05) is 5.88 Å². The first-order chi connectivity index (χ1) is 5.66. The number of alkyl halides is 1. The van der Waals surface area contributed by atoms with Crippen LogP contribution in [0.15, 0.2) is 18.2 Å². The Labute approximate surface area is 87.4 Å². The van der Waals surface area contributed by atoms with Crippen LogP contribution in [0.4, 0.5) is 0 Å². The van der Waals surface area contributed by atoms with Gasteiger partial charge in [-0.2, -0.15) is 0 Å². The van der Waals surface area contributed by atoms with Crippen LogP contribution in [0.5, 0.6) is 0 Å². The third-order valence-corrected chi connectivity index (χ3v) is 3.04. The van der Waals surface area contributed by atoms with Crippen molar-refractivity contribution in [3.63, 3.8) is 0 Å². The summed E-state index contributed by atoms with van der Waals surface area (Å²) in [5, 5.41) is 1.21. The average Bonchev–Trinajstić information content (AvgIpc) is 2.08. The molecule has 0 aliphatic carbocycles. The number of halogens is 3. The molecule has 0 amide bonds. The highest BCUT2D eigenvalue weighted by Gasteiger charge is 2.09. The van der Waals surface area contributed by atoms with Crippen molar-refractivity contribution in [3.05, 3.63) is 33.8 Å². The second kappa shape index (κ2) is 4.36. The summed E-state index contributed by atoms with van der Waals surface area (Å²) in [6.45, 7) is 2.02. The molecule has 12 heavy (non-hydrogen) atoms. The Morgan fingerprint density at radius 2 is 2.00 bits per heavy atom. The van der Waals surface area contributed by atoms with Gasteiger partial charge in [0.1, 0.15) is 0 Å². The number of benzene rings is 1. The molecule has 0 nitrogen and oxygen atoms in total. The maximum atomic E-state index is 5.98. The molecule has 0 fully saturated rings. The third-order valence-electron chi connectivity index (χ3n) is 1.74. The van der Waals surface area contributed by atoms with E-state index in [1.807, 2.05) is 19.1 Å². The molecule has 1 rings (SSSR count). The summed E-state index contributed by atoms with van der Waals surface area (Å²) in [5.41, 5.74) is 1.01. The van der Waals surface area contributed by atoms with E-state index in [9.17, 15) is 0 Å². The van der Waals surface area contributed by atoms with Gasteiger partial charge in [0.25, 0.3) is 0 Å². The average molecular weight is 224 g/mol. The van der Waals surface area contributed by atoms with Crippen molar-refractivity contribution in [2.75, 3.05) is 5.88 Å². The first-order valence-electron chi connectivity index (χ1n) is 3.66. The van der Waals surface area contributed by atoms with E-state index in [1.54, 1.807) is 6.07 Å². The number of hydrogen-bond acceptors (Lipinski definition) is 0. The van der Waals surface area contributed by atoms with Crippen molar-refractivity contribution in [1.29, 1.82) is 0 Å². The Balaban J connectivity index is 3.07. The van der Waals surface area contributed by atoms with E-state index in [4.69, 9.17) is 34.8 Å². The molecule has 0 aromatic heterocycles. The Bertz CT molecular complexity index is 270. The van der Waals surface area contributed by atoms with Crippen molar-refractivity contribution >= 4 is 34.8 Å². The van der Waals surface area contributed by atoms with Gasteiger partial charge in [-0.05, 0) is 17.5 Å². The van der Waals surface area contributed by atoms with Crippen LogP contribution in [-0.4, -0.2) is 5.88 Å². The fraction of sp³-hybridized carbons (Fsp3) is 0.333. The van der Waals surface area contributed by atoms with Gasteiger partial charge in [0.05, 0.1) is 10.0 Å². The highest BCUT2D eigenvalue weighted by atomic mass is 35.5. The van der Waals surface area contributed by atoms with E-state index in [0.29, 0.717) is 15.9 Å². The van der Waals surface area contributed by atoms with Crippen molar-refractivity contribution in [2.24, 2.45) is 0 Å². The van der Waals surface area contributed by atoms with Crippen molar-refractivity contribution in [1.82, 2.24) is 0 Å². The van der Waals surface area contributed by atoms with Gasteiger partial charge < -0.3 is 0 Å². The smallest absolute Gasteiger partial charge is 0.0627 e. The monoisotopic (exact) mass is 222 g/mol. The first-order valence-corrected chi connectivity index (χ1v) is 4.95. The van der Waals surface area contributed by atoms with Crippen LogP contribution in [-0.2, 0) is 0 Å². The summed E-state index contributed by atoms with van der Waals surface area (Å²) < 4.78 is 0. The van der Waals surface area contributed by atoms with Gasteiger partial charge >= 0.3 is 0 Å². The Morgan fingerprint density at radius 1 is 1.33 bits per heavy atom. The van der Waals surface area contributed by atoms with Crippen LogP contribution >= 0.6 is 34.8 Å². The lowest BCUT2D eigenvalue weighted by Gasteiger charge is -2.10. The Morgan fingerprint density at radius 3 is 2.58 bits per heavy atom. The van der Waals surface area contributed by atoms with Crippen LogP contribution in [0.3, 0.4) is 0 Å². The maximum absolute atomic E-state index is 5.98. The normalized spacial score (nSPS) is 13.0. The molecule has 66 valence electrons. The van der Waals surface area contributed by atoms with Gasteiger partial charge in [-0.25, -0.2) is 0 Å². The zero-order valence-corrected chi connectivity index (χ0v) is 8.92. The topological polar surface area (TPSA) is 0 Å². The zero-order valence-electron chi connectivity index (χ0n) is 6.65. The molecular formula is C9H9Cl3. The predicted octanol–water partition coefficient (Wildman–Crippen LogP) is 4.34. The lowest BCUT2D eigenvalue weighted by Crippen LogP contribution is -1.95. The highest BCUT2D eigenvalue weighted by Crippen LogP contribution is 2.31. The second-order valence-electron chi connectivity index (χ2n) is 2.70. The van der Waals surface area contributed by atoms with Crippen LogP contribution < -0.4 is 0 Å². The van der Waals surface area contributed by atoms with Crippen LogP contribution in [0.25, 0.3) is 0 Å². The molecule has 0 radical (unpaired) electrons.